The molecule has 0 aromatic heterocycles. The number of carboxylic acids is 1. The van der Waals surface area contributed by atoms with Gasteiger partial charge in [-0.2, -0.15) is 0 Å². The molecule has 5 heteroatoms. The van der Waals surface area contributed by atoms with Gasteiger partial charge in [-0.25, -0.2) is 0 Å². The van der Waals surface area contributed by atoms with Crippen LogP contribution in [-0.4, -0.2) is 42.7 Å². The number of benzene rings is 2. The average molecular weight is 408 g/mol. The summed E-state index contributed by atoms with van der Waals surface area (Å²) in [6.07, 6.45) is 1.83. The highest BCUT2D eigenvalue weighted by Gasteiger charge is 2.32. The number of nitrogens with zero attached hydrogens (tertiary/aromatic N) is 1. The molecule has 0 aliphatic carbocycles. The van der Waals surface area contributed by atoms with E-state index in [1.165, 1.54) is 22.3 Å². The molecule has 2 aromatic rings. The molecule has 1 saturated heterocycles. The number of likely N-dealkylation sites (tertiary alicyclic amines) is 1. The van der Waals surface area contributed by atoms with Crippen LogP contribution in [0.3, 0.4) is 0 Å². The molecule has 1 N–H and O–H groups in total. The van der Waals surface area contributed by atoms with Gasteiger partial charge in [0, 0.05) is 25.2 Å². The van der Waals surface area contributed by atoms with Crippen LogP contribution < -0.4 is 9.47 Å². The zero-order valence-electron chi connectivity index (χ0n) is 17.9. The zero-order valence-corrected chi connectivity index (χ0v) is 17.9. The van der Waals surface area contributed by atoms with Crippen molar-refractivity contribution in [1.29, 1.82) is 0 Å². The van der Waals surface area contributed by atoms with E-state index in [9.17, 15) is 9.90 Å². The molecule has 0 bridgehead atoms. The van der Waals surface area contributed by atoms with Crippen molar-refractivity contribution in [2.45, 2.75) is 33.3 Å². The number of carboxylic acid groups (broad SMARTS) is 1. The summed E-state index contributed by atoms with van der Waals surface area (Å²) < 4.78 is 11.6. The van der Waals surface area contributed by atoms with Gasteiger partial charge < -0.3 is 19.5 Å². The number of carbonyl (C=O) groups is 1. The van der Waals surface area contributed by atoms with Crippen molar-refractivity contribution in [2.75, 3.05) is 26.7 Å². The number of ether oxygens (including phenoxy) is 2. The molecule has 0 radical (unpaired) electrons. The Morgan fingerprint density at radius 3 is 2.57 bits per heavy atom. The number of hydrogen-bond acceptors (Lipinski definition) is 4. The molecule has 30 heavy (non-hydrogen) atoms. The van der Waals surface area contributed by atoms with E-state index >= 15 is 0 Å². The van der Waals surface area contributed by atoms with E-state index < -0.39 is 11.4 Å². The Morgan fingerprint density at radius 2 is 1.87 bits per heavy atom. The number of hydrogen-bond donors (Lipinski definition) is 1. The van der Waals surface area contributed by atoms with E-state index in [0.29, 0.717) is 13.2 Å². The molecule has 5 nitrogen and oxygen atoms in total. The number of rotatable bonds is 4. The standard InChI is InChI=1S/C25H29NO4/c1-25(2,24(27)28)16-26-12-10-17(11-13-26)23-20-7-5-4-6-18(20)15-30-22-9-8-19(29-3)14-21(22)23/h4-9,14H,10-13,15-16H2,1-3H3,(H,27,28). The Balaban J connectivity index is 1.71. The van der Waals surface area contributed by atoms with Gasteiger partial charge in [0.1, 0.15) is 18.1 Å². The summed E-state index contributed by atoms with van der Waals surface area (Å²) in [6.45, 7) is 6.42. The van der Waals surface area contributed by atoms with E-state index in [2.05, 4.69) is 35.2 Å². The fourth-order valence-corrected chi connectivity index (χ4v) is 4.39. The monoisotopic (exact) mass is 407 g/mol. The molecule has 0 unspecified atom stereocenters. The lowest BCUT2D eigenvalue weighted by atomic mass is 9.85. The molecule has 0 atom stereocenters. The second-order valence-corrected chi connectivity index (χ2v) is 8.75. The zero-order chi connectivity index (χ0) is 21.3. The third kappa shape index (κ3) is 3.94. The highest BCUT2D eigenvalue weighted by atomic mass is 16.5. The minimum atomic E-state index is -0.748. The van der Waals surface area contributed by atoms with Crippen molar-refractivity contribution in [1.82, 2.24) is 4.90 Å². The molecule has 2 heterocycles. The predicted octanol–water partition coefficient (Wildman–Crippen LogP) is 4.60. The third-order valence-electron chi connectivity index (χ3n) is 6.14. The van der Waals surface area contributed by atoms with Crippen molar-refractivity contribution < 1.29 is 19.4 Å². The molecule has 4 rings (SSSR count). The van der Waals surface area contributed by atoms with Gasteiger partial charge in [0.2, 0.25) is 0 Å². The Morgan fingerprint density at radius 1 is 1.13 bits per heavy atom. The summed E-state index contributed by atoms with van der Waals surface area (Å²) in [5.74, 6) is 0.946. The quantitative estimate of drug-likeness (QED) is 0.803. The Bertz CT molecular complexity index is 982. The largest absolute Gasteiger partial charge is 0.497 e. The Kier molecular flexibility index (Phi) is 5.56. The second kappa shape index (κ2) is 8.15. The molecule has 0 amide bonds. The van der Waals surface area contributed by atoms with Gasteiger partial charge >= 0.3 is 5.97 Å². The maximum absolute atomic E-state index is 11.5. The number of aliphatic carboxylic acids is 1. The fourth-order valence-electron chi connectivity index (χ4n) is 4.39. The fraction of sp³-hybridized carbons (Fsp3) is 0.400. The molecule has 158 valence electrons. The van der Waals surface area contributed by atoms with Crippen LogP contribution in [0.5, 0.6) is 11.5 Å². The second-order valence-electron chi connectivity index (χ2n) is 8.75. The molecular weight excluding hydrogens is 378 g/mol. The number of methoxy groups -OCH3 is 1. The maximum atomic E-state index is 11.5. The smallest absolute Gasteiger partial charge is 0.310 e. The van der Waals surface area contributed by atoms with Crippen LogP contribution in [0.2, 0.25) is 0 Å². The first kappa shape index (κ1) is 20.5. The van der Waals surface area contributed by atoms with E-state index in [1.807, 2.05) is 12.1 Å². The van der Waals surface area contributed by atoms with Gasteiger partial charge in [-0.05, 0) is 61.6 Å². The van der Waals surface area contributed by atoms with E-state index in [4.69, 9.17) is 9.47 Å². The summed E-state index contributed by atoms with van der Waals surface area (Å²) in [7, 11) is 1.68. The van der Waals surface area contributed by atoms with Gasteiger partial charge in [-0.1, -0.05) is 29.8 Å². The highest BCUT2D eigenvalue weighted by molar-refractivity contribution is 5.87. The third-order valence-corrected chi connectivity index (χ3v) is 6.14. The molecular formula is C25H29NO4. The van der Waals surface area contributed by atoms with Crippen LogP contribution in [0.4, 0.5) is 0 Å². The molecule has 0 saturated carbocycles. The first-order valence-corrected chi connectivity index (χ1v) is 10.5. The highest BCUT2D eigenvalue weighted by Crippen LogP contribution is 2.42. The van der Waals surface area contributed by atoms with Gasteiger partial charge in [0.25, 0.3) is 0 Å². The Labute approximate surface area is 177 Å². The molecule has 0 spiro atoms. The molecule has 1 fully saturated rings. The molecule has 2 aromatic carbocycles. The first-order chi connectivity index (χ1) is 14.4. The van der Waals surface area contributed by atoms with Crippen LogP contribution in [0, 0.1) is 5.41 Å². The topological polar surface area (TPSA) is 59.0 Å². The first-order valence-electron chi connectivity index (χ1n) is 10.5. The van der Waals surface area contributed by atoms with Gasteiger partial charge in [0.05, 0.1) is 12.5 Å². The van der Waals surface area contributed by atoms with Crippen molar-refractivity contribution in [3.05, 3.63) is 64.7 Å². The summed E-state index contributed by atoms with van der Waals surface area (Å²) in [5, 5.41) is 9.47. The van der Waals surface area contributed by atoms with Crippen LogP contribution in [0.25, 0.3) is 5.57 Å². The van der Waals surface area contributed by atoms with Crippen LogP contribution in [0.15, 0.2) is 48.0 Å². The summed E-state index contributed by atoms with van der Waals surface area (Å²) in [5.41, 5.74) is 5.38. The molecule has 2 aliphatic rings. The predicted molar refractivity (Wildman–Crippen MR) is 117 cm³/mol. The summed E-state index contributed by atoms with van der Waals surface area (Å²) in [6, 6.07) is 14.4. The number of piperidine rings is 1. The van der Waals surface area contributed by atoms with Crippen molar-refractivity contribution >= 4 is 11.5 Å². The average Bonchev–Trinajstić information content (AvgIpc) is 2.90. The van der Waals surface area contributed by atoms with Crippen molar-refractivity contribution in [3.8, 4) is 11.5 Å². The SMILES string of the molecule is COc1ccc2c(c1)C(=C1CCN(CC(C)(C)C(=O)O)CC1)c1ccccc1CO2. The summed E-state index contributed by atoms with van der Waals surface area (Å²) in [4.78, 5) is 13.8. The van der Waals surface area contributed by atoms with Crippen LogP contribution >= 0.6 is 0 Å². The molecule has 2 aliphatic heterocycles. The Hall–Kier alpha value is -2.79. The van der Waals surface area contributed by atoms with E-state index in [-0.39, 0.29) is 0 Å². The lowest BCUT2D eigenvalue weighted by Crippen LogP contribution is -2.42. The minimum Gasteiger partial charge on any atom is -0.497 e. The summed E-state index contributed by atoms with van der Waals surface area (Å²) >= 11 is 0. The maximum Gasteiger partial charge on any atom is 0.310 e. The van der Waals surface area contributed by atoms with E-state index in [1.54, 1.807) is 21.0 Å². The van der Waals surface area contributed by atoms with Crippen molar-refractivity contribution in [3.63, 3.8) is 0 Å². The van der Waals surface area contributed by atoms with Gasteiger partial charge in [-0.15, -0.1) is 0 Å². The minimum absolute atomic E-state index is 0.547. The van der Waals surface area contributed by atoms with Crippen molar-refractivity contribution in [2.24, 2.45) is 5.41 Å². The number of fused-ring (bicyclic) bond motifs is 2. The normalized spacial score (nSPS) is 16.9. The van der Waals surface area contributed by atoms with Gasteiger partial charge in [0.15, 0.2) is 0 Å². The lowest BCUT2D eigenvalue weighted by Gasteiger charge is -2.34. The van der Waals surface area contributed by atoms with Crippen LogP contribution in [-0.2, 0) is 11.4 Å². The van der Waals surface area contributed by atoms with E-state index in [0.717, 1.165) is 43.0 Å². The van der Waals surface area contributed by atoms with Gasteiger partial charge in [-0.3, -0.25) is 4.79 Å². The van der Waals surface area contributed by atoms with Crippen LogP contribution in [0.1, 0.15) is 43.4 Å². The lowest BCUT2D eigenvalue weighted by molar-refractivity contribution is -0.148.